The second-order valence-corrected chi connectivity index (χ2v) is 6.65. The first-order chi connectivity index (χ1) is 9.05. The van der Waals surface area contributed by atoms with Crippen molar-refractivity contribution >= 4 is 0 Å². The smallest absolute Gasteiger partial charge is 0.0541 e. The Hall–Kier alpha value is -0.930. The molecule has 1 N–H and O–H groups in total. The molecule has 2 heterocycles. The normalized spacial score (nSPS) is 20.9. The van der Waals surface area contributed by atoms with E-state index in [0.717, 1.165) is 31.2 Å². The third kappa shape index (κ3) is 4.59. The van der Waals surface area contributed by atoms with Crippen LogP contribution in [-0.4, -0.2) is 36.1 Å². The van der Waals surface area contributed by atoms with Crippen LogP contribution in [0.25, 0.3) is 0 Å². The largest absolute Gasteiger partial charge is 0.310 e. The number of rotatable bonds is 5. The molecule has 106 valence electrons. The molecule has 2 rings (SSSR count). The van der Waals surface area contributed by atoms with E-state index in [0.29, 0.717) is 5.41 Å². The first-order valence-corrected chi connectivity index (χ1v) is 7.38. The van der Waals surface area contributed by atoms with Crippen molar-refractivity contribution in [2.24, 2.45) is 11.3 Å². The monoisotopic (exact) mass is 261 g/mol. The molecule has 19 heavy (non-hydrogen) atoms. The molecule has 0 aromatic carbocycles. The van der Waals surface area contributed by atoms with Crippen molar-refractivity contribution < 1.29 is 0 Å². The highest BCUT2D eigenvalue weighted by molar-refractivity contribution is 5.02. The summed E-state index contributed by atoms with van der Waals surface area (Å²) in [6, 6.07) is 6.07. The lowest BCUT2D eigenvalue weighted by atomic mass is 9.80. The second-order valence-electron chi connectivity index (χ2n) is 6.65. The molecule has 1 aliphatic heterocycles. The van der Waals surface area contributed by atoms with E-state index in [1.807, 2.05) is 18.3 Å². The quantitative estimate of drug-likeness (QED) is 0.826. The highest BCUT2D eigenvalue weighted by Gasteiger charge is 2.31. The predicted molar refractivity (Wildman–Crippen MR) is 79.9 cm³/mol. The maximum absolute atomic E-state index is 4.32. The summed E-state index contributed by atoms with van der Waals surface area (Å²) >= 11 is 0. The Morgan fingerprint density at radius 2 is 2.21 bits per heavy atom. The molecular formula is C16H27N3. The van der Waals surface area contributed by atoms with Crippen molar-refractivity contribution in [1.82, 2.24) is 15.2 Å². The third-order valence-electron chi connectivity index (χ3n) is 4.13. The molecule has 0 saturated carbocycles. The first kappa shape index (κ1) is 14.5. The SMILES string of the molecule is CC(C)(C)C1CCN(CCNCc2ccccn2)C1. The van der Waals surface area contributed by atoms with Gasteiger partial charge in [0.2, 0.25) is 0 Å². The van der Waals surface area contributed by atoms with E-state index < -0.39 is 0 Å². The van der Waals surface area contributed by atoms with Crippen LogP contribution in [0.3, 0.4) is 0 Å². The number of hydrogen-bond acceptors (Lipinski definition) is 3. The lowest BCUT2D eigenvalue weighted by Gasteiger charge is -2.27. The van der Waals surface area contributed by atoms with E-state index in [2.05, 4.69) is 42.0 Å². The van der Waals surface area contributed by atoms with Crippen LogP contribution in [0.1, 0.15) is 32.9 Å². The van der Waals surface area contributed by atoms with Crippen molar-refractivity contribution in [1.29, 1.82) is 0 Å². The van der Waals surface area contributed by atoms with Gasteiger partial charge in [0.1, 0.15) is 0 Å². The molecule has 0 amide bonds. The van der Waals surface area contributed by atoms with Gasteiger partial charge in [0.05, 0.1) is 5.69 Å². The number of aromatic nitrogens is 1. The van der Waals surface area contributed by atoms with Gasteiger partial charge in [-0.05, 0) is 36.4 Å². The van der Waals surface area contributed by atoms with Crippen LogP contribution in [-0.2, 0) is 6.54 Å². The maximum atomic E-state index is 4.32. The fourth-order valence-electron chi connectivity index (χ4n) is 2.70. The molecule has 0 radical (unpaired) electrons. The van der Waals surface area contributed by atoms with Gasteiger partial charge in [0, 0.05) is 32.4 Å². The van der Waals surface area contributed by atoms with Gasteiger partial charge in [-0.1, -0.05) is 26.8 Å². The lowest BCUT2D eigenvalue weighted by molar-refractivity contribution is 0.229. The van der Waals surface area contributed by atoms with Crippen LogP contribution >= 0.6 is 0 Å². The van der Waals surface area contributed by atoms with Crippen LogP contribution in [0, 0.1) is 11.3 Å². The number of likely N-dealkylation sites (tertiary alicyclic amines) is 1. The number of hydrogen-bond donors (Lipinski definition) is 1. The van der Waals surface area contributed by atoms with E-state index in [1.54, 1.807) is 0 Å². The highest BCUT2D eigenvalue weighted by Crippen LogP contribution is 2.33. The third-order valence-corrected chi connectivity index (χ3v) is 4.13. The molecule has 0 aliphatic carbocycles. The fourth-order valence-corrected chi connectivity index (χ4v) is 2.70. The molecule has 3 nitrogen and oxygen atoms in total. The average molecular weight is 261 g/mol. The number of nitrogens with one attached hydrogen (secondary N) is 1. The van der Waals surface area contributed by atoms with Gasteiger partial charge in [0.25, 0.3) is 0 Å². The van der Waals surface area contributed by atoms with Crippen LogP contribution in [0.15, 0.2) is 24.4 Å². The Labute approximate surface area is 117 Å². The van der Waals surface area contributed by atoms with E-state index in [-0.39, 0.29) is 0 Å². The van der Waals surface area contributed by atoms with Gasteiger partial charge in [-0.3, -0.25) is 4.98 Å². The summed E-state index contributed by atoms with van der Waals surface area (Å²) in [5.74, 6) is 0.850. The molecule has 1 aromatic heterocycles. The molecule has 1 unspecified atom stereocenters. The Balaban J connectivity index is 1.62. The standard InChI is InChI=1S/C16H27N3/c1-16(2,3)14-7-10-19(13-14)11-9-17-12-15-6-4-5-8-18-15/h4-6,8,14,17H,7,9-13H2,1-3H3. The summed E-state index contributed by atoms with van der Waals surface area (Å²) in [6.07, 6.45) is 3.20. The molecule has 0 bridgehead atoms. The minimum Gasteiger partial charge on any atom is -0.310 e. The van der Waals surface area contributed by atoms with Crippen molar-refractivity contribution in [3.05, 3.63) is 30.1 Å². The minimum atomic E-state index is 0.455. The van der Waals surface area contributed by atoms with Gasteiger partial charge in [-0.2, -0.15) is 0 Å². The van der Waals surface area contributed by atoms with E-state index in [4.69, 9.17) is 0 Å². The van der Waals surface area contributed by atoms with Gasteiger partial charge < -0.3 is 10.2 Å². The zero-order valence-electron chi connectivity index (χ0n) is 12.5. The van der Waals surface area contributed by atoms with Crippen LogP contribution in [0.4, 0.5) is 0 Å². The molecule has 1 aromatic rings. The average Bonchev–Trinajstić information content (AvgIpc) is 2.85. The Morgan fingerprint density at radius 1 is 1.37 bits per heavy atom. The molecule has 1 fully saturated rings. The van der Waals surface area contributed by atoms with Gasteiger partial charge in [-0.15, -0.1) is 0 Å². The summed E-state index contributed by atoms with van der Waals surface area (Å²) in [5.41, 5.74) is 1.58. The number of nitrogens with zero attached hydrogens (tertiary/aromatic N) is 2. The summed E-state index contributed by atoms with van der Waals surface area (Å²) in [7, 11) is 0. The van der Waals surface area contributed by atoms with Crippen molar-refractivity contribution in [2.45, 2.75) is 33.7 Å². The minimum absolute atomic E-state index is 0.455. The molecule has 1 aliphatic rings. The molecule has 0 spiro atoms. The van der Waals surface area contributed by atoms with E-state index >= 15 is 0 Å². The summed E-state index contributed by atoms with van der Waals surface area (Å²) in [5, 5.41) is 3.48. The molecule has 3 heteroatoms. The zero-order valence-corrected chi connectivity index (χ0v) is 12.5. The van der Waals surface area contributed by atoms with Crippen LogP contribution < -0.4 is 5.32 Å². The van der Waals surface area contributed by atoms with Crippen molar-refractivity contribution in [2.75, 3.05) is 26.2 Å². The van der Waals surface area contributed by atoms with Gasteiger partial charge >= 0.3 is 0 Å². The molecular weight excluding hydrogens is 234 g/mol. The Bertz CT molecular complexity index is 369. The molecule has 1 atom stereocenters. The molecule has 1 saturated heterocycles. The summed E-state index contributed by atoms with van der Waals surface area (Å²) < 4.78 is 0. The Morgan fingerprint density at radius 3 is 2.84 bits per heavy atom. The topological polar surface area (TPSA) is 28.2 Å². The van der Waals surface area contributed by atoms with E-state index in [9.17, 15) is 0 Å². The van der Waals surface area contributed by atoms with Crippen LogP contribution in [0.5, 0.6) is 0 Å². The zero-order chi connectivity index (χ0) is 13.7. The van der Waals surface area contributed by atoms with Gasteiger partial charge in [0.15, 0.2) is 0 Å². The lowest BCUT2D eigenvalue weighted by Crippen LogP contribution is -2.32. The first-order valence-electron chi connectivity index (χ1n) is 7.38. The van der Waals surface area contributed by atoms with Crippen molar-refractivity contribution in [3.63, 3.8) is 0 Å². The second kappa shape index (κ2) is 6.49. The Kier molecular flexibility index (Phi) is 4.94. The van der Waals surface area contributed by atoms with Crippen LogP contribution in [0.2, 0.25) is 0 Å². The predicted octanol–water partition coefficient (Wildman–Crippen LogP) is 2.54. The van der Waals surface area contributed by atoms with Crippen molar-refractivity contribution in [3.8, 4) is 0 Å². The fraction of sp³-hybridized carbons (Fsp3) is 0.688. The maximum Gasteiger partial charge on any atom is 0.0541 e. The summed E-state index contributed by atoms with van der Waals surface area (Å²) in [4.78, 5) is 6.90. The van der Waals surface area contributed by atoms with Gasteiger partial charge in [-0.25, -0.2) is 0 Å². The summed E-state index contributed by atoms with van der Waals surface area (Å²) in [6.45, 7) is 12.7. The number of pyridine rings is 1. The highest BCUT2D eigenvalue weighted by atomic mass is 15.2. The van der Waals surface area contributed by atoms with E-state index in [1.165, 1.54) is 19.5 Å².